The lowest BCUT2D eigenvalue weighted by molar-refractivity contribution is 0.223. The van der Waals surface area contributed by atoms with Crippen LogP contribution in [0.4, 0.5) is 9.93 Å². The van der Waals surface area contributed by atoms with Crippen molar-refractivity contribution >= 4 is 22.5 Å². The van der Waals surface area contributed by atoms with Crippen LogP contribution in [-0.2, 0) is 6.42 Å². The molecular weight excluding hydrogens is 248 g/mol. The topological polar surface area (TPSA) is 58.1 Å². The predicted octanol–water partition coefficient (Wildman–Crippen LogP) is 2.24. The van der Waals surface area contributed by atoms with Crippen molar-refractivity contribution in [1.82, 2.24) is 14.9 Å². The highest BCUT2D eigenvalue weighted by molar-refractivity contribution is 7.13. The molecule has 1 N–H and O–H groups in total. The highest BCUT2D eigenvalue weighted by Crippen LogP contribution is 2.10. The maximum absolute atomic E-state index is 11.8. The maximum atomic E-state index is 11.8. The van der Waals surface area contributed by atoms with Gasteiger partial charge in [-0.3, -0.25) is 10.3 Å². The number of nitrogens with one attached hydrogen (secondary N) is 1. The Kier molecular flexibility index (Phi) is 4.25. The molecule has 6 heteroatoms. The van der Waals surface area contributed by atoms with Gasteiger partial charge in [0.05, 0.1) is 0 Å². The molecule has 0 aliphatic rings. The molecule has 2 heterocycles. The minimum atomic E-state index is -0.152. The van der Waals surface area contributed by atoms with Crippen molar-refractivity contribution in [2.75, 3.05) is 18.9 Å². The zero-order valence-electron chi connectivity index (χ0n) is 10.0. The summed E-state index contributed by atoms with van der Waals surface area (Å²) in [5, 5.41) is 5.17. The standard InChI is InChI=1S/C12H14N4OS/c1-16(8-5-10-4-2-3-6-13-10)12(17)15-11-14-7-9-18-11/h2-4,6-7,9H,5,8H2,1H3,(H,14,15,17). The van der Waals surface area contributed by atoms with Crippen molar-refractivity contribution in [3.05, 3.63) is 41.7 Å². The third-order valence-electron chi connectivity index (χ3n) is 2.42. The number of anilines is 1. The molecule has 0 aromatic carbocycles. The fraction of sp³-hybridized carbons (Fsp3) is 0.250. The molecule has 0 radical (unpaired) electrons. The summed E-state index contributed by atoms with van der Waals surface area (Å²) in [6.45, 7) is 0.619. The van der Waals surface area contributed by atoms with Crippen molar-refractivity contribution in [2.24, 2.45) is 0 Å². The number of thiazole rings is 1. The number of urea groups is 1. The minimum Gasteiger partial charge on any atom is -0.327 e. The van der Waals surface area contributed by atoms with E-state index in [1.54, 1.807) is 24.3 Å². The van der Waals surface area contributed by atoms with Crippen LogP contribution in [0, 0.1) is 0 Å². The first-order valence-corrected chi connectivity index (χ1v) is 6.45. The quantitative estimate of drug-likeness (QED) is 0.919. The molecule has 5 nitrogen and oxygen atoms in total. The van der Waals surface area contributed by atoms with Gasteiger partial charge in [-0.1, -0.05) is 6.07 Å². The van der Waals surface area contributed by atoms with Crippen LogP contribution in [-0.4, -0.2) is 34.5 Å². The van der Waals surface area contributed by atoms with E-state index < -0.39 is 0 Å². The zero-order chi connectivity index (χ0) is 12.8. The molecular formula is C12H14N4OS. The molecule has 18 heavy (non-hydrogen) atoms. The van der Waals surface area contributed by atoms with E-state index in [0.717, 1.165) is 12.1 Å². The lowest BCUT2D eigenvalue weighted by Gasteiger charge is -2.16. The first-order chi connectivity index (χ1) is 8.75. The monoisotopic (exact) mass is 262 g/mol. The Balaban J connectivity index is 1.81. The van der Waals surface area contributed by atoms with Gasteiger partial charge in [0.2, 0.25) is 0 Å². The summed E-state index contributed by atoms with van der Waals surface area (Å²) in [4.78, 5) is 21.6. The summed E-state index contributed by atoms with van der Waals surface area (Å²) < 4.78 is 0. The van der Waals surface area contributed by atoms with Crippen LogP contribution in [0.5, 0.6) is 0 Å². The van der Waals surface area contributed by atoms with Crippen molar-refractivity contribution < 1.29 is 4.79 Å². The van der Waals surface area contributed by atoms with Crippen LogP contribution in [0.2, 0.25) is 0 Å². The third kappa shape index (κ3) is 3.53. The van der Waals surface area contributed by atoms with E-state index in [-0.39, 0.29) is 6.03 Å². The van der Waals surface area contributed by atoms with Gasteiger partial charge in [-0.25, -0.2) is 9.78 Å². The average molecular weight is 262 g/mol. The zero-order valence-corrected chi connectivity index (χ0v) is 10.9. The Morgan fingerprint density at radius 2 is 2.28 bits per heavy atom. The van der Waals surface area contributed by atoms with Crippen LogP contribution in [0.15, 0.2) is 36.0 Å². The fourth-order valence-electron chi connectivity index (χ4n) is 1.40. The third-order valence-corrected chi connectivity index (χ3v) is 3.11. The van der Waals surface area contributed by atoms with E-state index in [4.69, 9.17) is 0 Å². The molecule has 94 valence electrons. The highest BCUT2D eigenvalue weighted by atomic mass is 32.1. The van der Waals surface area contributed by atoms with Crippen molar-refractivity contribution in [3.63, 3.8) is 0 Å². The van der Waals surface area contributed by atoms with E-state index in [9.17, 15) is 4.79 Å². The second-order valence-corrected chi connectivity index (χ2v) is 4.65. The molecule has 0 atom stereocenters. The summed E-state index contributed by atoms with van der Waals surface area (Å²) in [7, 11) is 1.76. The Morgan fingerprint density at radius 3 is 2.94 bits per heavy atom. The van der Waals surface area contributed by atoms with Gasteiger partial charge in [0, 0.05) is 43.5 Å². The fourth-order valence-corrected chi connectivity index (χ4v) is 1.92. The number of nitrogens with zero attached hydrogens (tertiary/aromatic N) is 3. The molecule has 0 bridgehead atoms. The van der Waals surface area contributed by atoms with Crippen LogP contribution in [0.3, 0.4) is 0 Å². The molecule has 0 saturated carbocycles. The Labute approximate surface area is 109 Å². The number of hydrogen-bond acceptors (Lipinski definition) is 4. The average Bonchev–Trinajstić information content (AvgIpc) is 2.90. The van der Waals surface area contributed by atoms with E-state index >= 15 is 0 Å². The molecule has 0 unspecified atom stereocenters. The van der Waals surface area contributed by atoms with Crippen molar-refractivity contribution in [3.8, 4) is 0 Å². The van der Waals surface area contributed by atoms with Gasteiger partial charge >= 0.3 is 6.03 Å². The first-order valence-electron chi connectivity index (χ1n) is 5.57. The molecule has 2 aromatic rings. The van der Waals surface area contributed by atoms with Gasteiger partial charge in [0.15, 0.2) is 5.13 Å². The van der Waals surface area contributed by atoms with Gasteiger partial charge in [-0.2, -0.15) is 0 Å². The summed E-state index contributed by atoms with van der Waals surface area (Å²) in [6.07, 6.45) is 4.15. The Hall–Kier alpha value is -1.95. The maximum Gasteiger partial charge on any atom is 0.323 e. The number of hydrogen-bond donors (Lipinski definition) is 1. The number of aromatic nitrogens is 2. The number of pyridine rings is 1. The molecule has 2 aromatic heterocycles. The second-order valence-electron chi connectivity index (χ2n) is 3.76. The van der Waals surface area contributed by atoms with Gasteiger partial charge in [-0.15, -0.1) is 11.3 Å². The summed E-state index contributed by atoms with van der Waals surface area (Å²) in [6, 6.07) is 5.62. The van der Waals surface area contributed by atoms with Gasteiger partial charge in [0.25, 0.3) is 0 Å². The summed E-state index contributed by atoms with van der Waals surface area (Å²) in [5.74, 6) is 0. The molecule has 2 amide bonds. The minimum absolute atomic E-state index is 0.152. The number of carbonyl (C=O) groups is 1. The van der Waals surface area contributed by atoms with E-state index in [1.807, 2.05) is 23.6 Å². The van der Waals surface area contributed by atoms with Crippen LogP contribution < -0.4 is 5.32 Å². The van der Waals surface area contributed by atoms with Crippen LogP contribution >= 0.6 is 11.3 Å². The first kappa shape index (κ1) is 12.5. The smallest absolute Gasteiger partial charge is 0.323 e. The number of amides is 2. The molecule has 0 aliphatic heterocycles. The molecule has 0 saturated heterocycles. The second kappa shape index (κ2) is 6.11. The van der Waals surface area contributed by atoms with E-state index in [2.05, 4.69) is 15.3 Å². The SMILES string of the molecule is CN(CCc1ccccn1)C(=O)Nc1nccs1. The van der Waals surface area contributed by atoms with Gasteiger partial charge < -0.3 is 4.90 Å². The Bertz CT molecular complexity index is 486. The molecule has 0 aliphatic carbocycles. The van der Waals surface area contributed by atoms with Crippen molar-refractivity contribution in [1.29, 1.82) is 0 Å². The number of rotatable bonds is 4. The number of likely N-dealkylation sites (N-methyl/N-ethyl adjacent to an activating group) is 1. The normalized spacial score (nSPS) is 10.1. The molecule has 2 rings (SSSR count). The van der Waals surface area contributed by atoms with Crippen LogP contribution in [0.25, 0.3) is 0 Å². The Morgan fingerprint density at radius 1 is 1.39 bits per heavy atom. The highest BCUT2D eigenvalue weighted by Gasteiger charge is 2.09. The van der Waals surface area contributed by atoms with E-state index in [1.165, 1.54) is 11.3 Å². The molecule has 0 fully saturated rings. The molecule has 0 spiro atoms. The lowest BCUT2D eigenvalue weighted by Crippen LogP contribution is -2.33. The van der Waals surface area contributed by atoms with Gasteiger partial charge in [-0.05, 0) is 12.1 Å². The lowest BCUT2D eigenvalue weighted by atomic mass is 10.2. The van der Waals surface area contributed by atoms with E-state index in [0.29, 0.717) is 11.7 Å². The summed E-state index contributed by atoms with van der Waals surface area (Å²) >= 11 is 1.40. The predicted molar refractivity (Wildman–Crippen MR) is 71.7 cm³/mol. The summed E-state index contributed by atoms with van der Waals surface area (Å²) in [5.41, 5.74) is 0.978. The van der Waals surface area contributed by atoms with Gasteiger partial charge in [0.1, 0.15) is 0 Å². The van der Waals surface area contributed by atoms with Crippen LogP contribution in [0.1, 0.15) is 5.69 Å². The number of carbonyl (C=O) groups excluding carboxylic acids is 1. The largest absolute Gasteiger partial charge is 0.327 e. The van der Waals surface area contributed by atoms with Crippen molar-refractivity contribution in [2.45, 2.75) is 6.42 Å².